The molecule has 0 atom stereocenters. The van der Waals surface area contributed by atoms with Gasteiger partial charge in [0.25, 0.3) is 0 Å². The molecule has 0 saturated carbocycles. The molecule has 5 heteroatoms. The van der Waals surface area contributed by atoms with Gasteiger partial charge in [0.05, 0.1) is 0 Å². The van der Waals surface area contributed by atoms with E-state index in [-0.39, 0.29) is 0 Å². The zero-order valence-corrected chi connectivity index (χ0v) is 13.8. The van der Waals surface area contributed by atoms with Gasteiger partial charge in [-0.05, 0) is 0 Å². The molecule has 0 heterocycles. The van der Waals surface area contributed by atoms with E-state index in [1.807, 2.05) is 0 Å². The molecule has 0 aliphatic carbocycles. The SMILES string of the molecule is IC(I)[I-]C(I)I. The van der Waals surface area contributed by atoms with E-state index in [0.717, 1.165) is -0.124 Å². The summed E-state index contributed by atoms with van der Waals surface area (Å²) in [5.74, 6) is 0. The van der Waals surface area contributed by atoms with Crippen LogP contribution >= 0.6 is 90.4 Å². The monoisotopic (exact) mass is 661 g/mol. The molecule has 0 aliphatic heterocycles. The standard InChI is InChI=1S/C2H2I5/c3-1(4)7-2(5)6/h1-2H/q-1. The van der Waals surface area contributed by atoms with Crippen LogP contribution in [0.1, 0.15) is 0 Å². The maximum atomic E-state index is 2.48. The van der Waals surface area contributed by atoms with Crippen molar-refractivity contribution >= 4 is 90.4 Å². The fourth-order valence-corrected chi connectivity index (χ4v) is 21.7. The molecule has 0 N–H and O–H groups in total. The van der Waals surface area contributed by atoms with Crippen molar-refractivity contribution in [1.29, 1.82) is 0 Å². The quantitative estimate of drug-likeness (QED) is 0.297. The second kappa shape index (κ2) is 6.37. The minimum absolute atomic E-state index is 0.452. The molecule has 0 aromatic rings. The molecule has 7 heavy (non-hydrogen) atoms. The van der Waals surface area contributed by atoms with Crippen molar-refractivity contribution in [2.45, 2.75) is -0.124 Å². The van der Waals surface area contributed by atoms with Crippen LogP contribution in [0.4, 0.5) is 0 Å². The summed E-state index contributed by atoms with van der Waals surface area (Å²) < 4.78 is 1.82. The van der Waals surface area contributed by atoms with Gasteiger partial charge in [-0.2, -0.15) is 0 Å². The third kappa shape index (κ3) is 9.65. The topological polar surface area (TPSA) is 0 Å². The average Bonchev–Trinajstić information content (AvgIpc) is 1.27. The molecule has 0 saturated heterocycles. The zero-order chi connectivity index (χ0) is 5.86. The van der Waals surface area contributed by atoms with E-state index >= 15 is 0 Å². The van der Waals surface area contributed by atoms with Gasteiger partial charge in [-0.1, -0.05) is 0 Å². The molecule has 0 fully saturated rings. The summed E-state index contributed by atoms with van der Waals surface area (Å²) in [6, 6.07) is 0. The molecule has 46 valence electrons. The van der Waals surface area contributed by atoms with Crippen LogP contribution in [-0.2, 0) is 0 Å². The molecule has 0 aliphatic rings. The van der Waals surface area contributed by atoms with Gasteiger partial charge in [0.2, 0.25) is 0 Å². The molecule has 0 unspecified atom stereocenters. The van der Waals surface area contributed by atoms with Crippen LogP contribution in [0.2, 0.25) is 0 Å². The first-order chi connectivity index (χ1) is 3.13. The van der Waals surface area contributed by atoms with E-state index in [2.05, 4.69) is 90.4 Å². The van der Waals surface area contributed by atoms with Crippen LogP contribution in [0.25, 0.3) is 0 Å². The van der Waals surface area contributed by atoms with Gasteiger partial charge in [0.1, 0.15) is 0 Å². The van der Waals surface area contributed by atoms with Gasteiger partial charge < -0.3 is 0 Å². The first-order valence-corrected chi connectivity index (χ1v) is 8.78. The van der Waals surface area contributed by atoms with Crippen LogP contribution in [0.3, 0.4) is 0 Å². The van der Waals surface area contributed by atoms with Crippen molar-refractivity contribution in [2.75, 3.05) is 0 Å². The van der Waals surface area contributed by atoms with Gasteiger partial charge in [0.15, 0.2) is 0 Å². The van der Waals surface area contributed by atoms with E-state index < -0.39 is 0 Å². The average molecular weight is 661 g/mol. The third-order valence-electron chi connectivity index (χ3n) is 0.190. The summed E-state index contributed by atoms with van der Waals surface area (Å²) in [6.45, 7) is 0. The second-order valence-electron chi connectivity index (χ2n) is 0.621. The van der Waals surface area contributed by atoms with Gasteiger partial charge >= 0.3 is 111 Å². The summed E-state index contributed by atoms with van der Waals surface area (Å²) >= 11 is 10.4. The van der Waals surface area contributed by atoms with E-state index in [1.165, 1.54) is 0 Å². The summed E-state index contributed by atoms with van der Waals surface area (Å²) in [5, 5.41) is 0. The predicted molar refractivity (Wildman–Crippen MR) is 63.7 cm³/mol. The Hall–Kier alpha value is 3.65. The van der Waals surface area contributed by atoms with Crippen molar-refractivity contribution < 1.29 is 21.2 Å². The van der Waals surface area contributed by atoms with Crippen LogP contribution in [-0.4, -0.2) is -0.124 Å². The number of hydrogen-bond donors (Lipinski definition) is 0. The fraction of sp³-hybridized carbons (Fsp3) is 1.00. The molecule has 0 aromatic heterocycles. The Morgan fingerprint density at radius 1 is 0.857 bits per heavy atom. The van der Waals surface area contributed by atoms with Gasteiger partial charge in [-0.25, -0.2) is 0 Å². The van der Waals surface area contributed by atoms with E-state index in [9.17, 15) is 0 Å². The number of alkyl halides is 6. The summed E-state index contributed by atoms with van der Waals surface area (Å²) in [4.78, 5) is 0. The molecule has 0 aromatic carbocycles. The number of hydrogen-bond acceptors (Lipinski definition) is 0. The number of rotatable bonds is 2. The minimum atomic E-state index is 0.452. The second-order valence-corrected chi connectivity index (χ2v) is 23.1. The van der Waals surface area contributed by atoms with Crippen LogP contribution in [0, 0.1) is 0 Å². The summed E-state index contributed by atoms with van der Waals surface area (Å²) in [7, 11) is 0. The zero-order valence-electron chi connectivity index (χ0n) is 3.04. The molecule has 0 rings (SSSR count). The van der Waals surface area contributed by atoms with Crippen LogP contribution in [0.15, 0.2) is 0 Å². The molecule has 0 amide bonds. The van der Waals surface area contributed by atoms with Crippen molar-refractivity contribution in [3.8, 4) is 0 Å². The fourth-order valence-electron chi connectivity index (χ4n) is 0.0720. The molecular formula is C2H2I5-. The van der Waals surface area contributed by atoms with Crippen LogP contribution < -0.4 is 21.2 Å². The summed E-state index contributed by atoms with van der Waals surface area (Å²) in [5.41, 5.74) is 0. The van der Waals surface area contributed by atoms with Crippen molar-refractivity contribution in [3.05, 3.63) is 0 Å². The molecule has 0 nitrogen and oxygen atoms in total. The Bertz CT molecular complexity index is 35.3. The Morgan fingerprint density at radius 3 is 1.14 bits per heavy atom. The number of halogens is 5. The van der Waals surface area contributed by atoms with Gasteiger partial charge in [-0.15, -0.1) is 0 Å². The molecule has 0 spiro atoms. The van der Waals surface area contributed by atoms with Gasteiger partial charge in [0, 0.05) is 0 Å². The van der Waals surface area contributed by atoms with E-state index in [0.29, 0.717) is 21.2 Å². The Morgan fingerprint density at radius 2 is 1.14 bits per heavy atom. The first kappa shape index (κ1) is 10.7. The summed E-state index contributed by atoms with van der Waals surface area (Å²) in [6.07, 6.45) is 0. The third-order valence-corrected chi connectivity index (χ3v) is 8.57. The molecule has 0 bridgehead atoms. The molecular weight excluding hydrogens is 659 g/mol. The van der Waals surface area contributed by atoms with Gasteiger partial charge in [-0.3, -0.25) is 0 Å². The van der Waals surface area contributed by atoms with E-state index in [1.54, 1.807) is 0 Å². The predicted octanol–water partition coefficient (Wildman–Crippen LogP) is 0.383. The normalized spacial score (nSPS) is 11.7. The Labute approximate surface area is 109 Å². The first-order valence-electron chi connectivity index (χ1n) is 1.31. The Balaban J connectivity index is 2.95. The van der Waals surface area contributed by atoms with Crippen molar-refractivity contribution in [3.63, 3.8) is 0 Å². The maximum absolute atomic E-state index is 2.48. The van der Waals surface area contributed by atoms with Crippen molar-refractivity contribution in [1.82, 2.24) is 0 Å². The molecule has 0 radical (unpaired) electrons. The van der Waals surface area contributed by atoms with Crippen molar-refractivity contribution in [2.24, 2.45) is 0 Å². The van der Waals surface area contributed by atoms with E-state index in [4.69, 9.17) is 0 Å². The Kier molecular flexibility index (Phi) is 9.69. The van der Waals surface area contributed by atoms with Crippen LogP contribution in [0.5, 0.6) is 0 Å².